The highest BCUT2D eigenvalue weighted by atomic mass is 16.3. The first-order valence-corrected chi connectivity index (χ1v) is 5.89. The molecule has 1 aliphatic rings. The lowest BCUT2D eigenvalue weighted by Crippen LogP contribution is -2.44. The number of hydrogen-bond acceptors (Lipinski definition) is 2. The second-order valence-corrected chi connectivity index (χ2v) is 5.52. The van der Waals surface area contributed by atoms with E-state index >= 15 is 0 Å². The van der Waals surface area contributed by atoms with Crippen molar-refractivity contribution in [2.24, 2.45) is 5.41 Å². The lowest BCUT2D eigenvalue weighted by atomic mass is 9.86. The molecule has 0 bridgehead atoms. The largest absolute Gasteiger partial charge is 0.396 e. The molecule has 14 heavy (non-hydrogen) atoms. The van der Waals surface area contributed by atoms with Gasteiger partial charge in [-0.25, -0.2) is 0 Å². The van der Waals surface area contributed by atoms with Gasteiger partial charge in [0.15, 0.2) is 0 Å². The zero-order valence-electron chi connectivity index (χ0n) is 9.90. The summed E-state index contributed by atoms with van der Waals surface area (Å²) in [5, 5.41) is 12.8. The van der Waals surface area contributed by atoms with Gasteiger partial charge in [-0.1, -0.05) is 20.8 Å². The highest BCUT2D eigenvalue weighted by Crippen LogP contribution is 2.44. The van der Waals surface area contributed by atoms with Crippen LogP contribution < -0.4 is 5.32 Å². The van der Waals surface area contributed by atoms with Crippen molar-refractivity contribution in [3.63, 3.8) is 0 Å². The van der Waals surface area contributed by atoms with Crippen LogP contribution in [0.15, 0.2) is 0 Å². The number of nitrogens with one attached hydrogen (secondary N) is 1. The first kappa shape index (κ1) is 12.0. The molecule has 1 saturated carbocycles. The first-order valence-electron chi connectivity index (χ1n) is 5.89. The van der Waals surface area contributed by atoms with Crippen molar-refractivity contribution in [1.29, 1.82) is 0 Å². The maximum atomic E-state index is 9.12. The quantitative estimate of drug-likeness (QED) is 0.712. The second-order valence-electron chi connectivity index (χ2n) is 5.52. The summed E-state index contributed by atoms with van der Waals surface area (Å²) in [6, 6.07) is 0. The van der Waals surface area contributed by atoms with Gasteiger partial charge in [-0.05, 0) is 44.1 Å². The van der Waals surface area contributed by atoms with Crippen LogP contribution in [-0.4, -0.2) is 23.8 Å². The zero-order chi connectivity index (χ0) is 10.7. The fraction of sp³-hybridized carbons (Fsp3) is 1.00. The molecule has 1 rings (SSSR count). The minimum atomic E-state index is 0.230. The van der Waals surface area contributed by atoms with E-state index in [1.165, 1.54) is 25.7 Å². The summed E-state index contributed by atoms with van der Waals surface area (Å²) < 4.78 is 0. The van der Waals surface area contributed by atoms with Crippen LogP contribution in [0.1, 0.15) is 52.9 Å². The SMILES string of the molecule is CCCNC1(CCO)CCC(C)(C)C1. The third-order valence-corrected chi connectivity index (χ3v) is 3.44. The Morgan fingerprint density at radius 3 is 2.43 bits per heavy atom. The molecule has 1 atom stereocenters. The number of aliphatic hydroxyl groups is 1. The van der Waals surface area contributed by atoms with E-state index in [0.29, 0.717) is 12.0 Å². The number of hydrogen-bond donors (Lipinski definition) is 2. The van der Waals surface area contributed by atoms with Crippen molar-refractivity contribution in [2.75, 3.05) is 13.2 Å². The van der Waals surface area contributed by atoms with Crippen molar-refractivity contribution in [2.45, 2.75) is 58.4 Å². The molecule has 0 aromatic rings. The molecule has 2 heteroatoms. The summed E-state index contributed by atoms with van der Waals surface area (Å²) in [6.07, 6.45) is 5.80. The lowest BCUT2D eigenvalue weighted by Gasteiger charge is -2.32. The number of rotatable bonds is 5. The molecule has 0 spiro atoms. The fourth-order valence-corrected chi connectivity index (χ4v) is 2.73. The van der Waals surface area contributed by atoms with E-state index in [-0.39, 0.29) is 5.54 Å². The Hall–Kier alpha value is -0.0800. The molecule has 0 heterocycles. The molecule has 0 aromatic heterocycles. The van der Waals surface area contributed by atoms with Crippen LogP contribution in [0, 0.1) is 5.41 Å². The van der Waals surface area contributed by atoms with Crippen molar-refractivity contribution in [3.05, 3.63) is 0 Å². The maximum absolute atomic E-state index is 9.12. The van der Waals surface area contributed by atoms with Crippen LogP contribution in [0.2, 0.25) is 0 Å². The lowest BCUT2D eigenvalue weighted by molar-refractivity contribution is 0.198. The molecule has 0 amide bonds. The van der Waals surface area contributed by atoms with Crippen LogP contribution in [0.5, 0.6) is 0 Å². The van der Waals surface area contributed by atoms with E-state index in [1.54, 1.807) is 0 Å². The molecule has 1 aliphatic carbocycles. The minimum absolute atomic E-state index is 0.230. The average Bonchev–Trinajstić information content (AvgIpc) is 2.40. The highest BCUT2D eigenvalue weighted by Gasteiger charge is 2.41. The van der Waals surface area contributed by atoms with Gasteiger partial charge >= 0.3 is 0 Å². The van der Waals surface area contributed by atoms with E-state index < -0.39 is 0 Å². The fourth-order valence-electron chi connectivity index (χ4n) is 2.73. The van der Waals surface area contributed by atoms with Crippen molar-refractivity contribution >= 4 is 0 Å². The van der Waals surface area contributed by atoms with Gasteiger partial charge in [-0.3, -0.25) is 0 Å². The molecular formula is C12H25NO. The third kappa shape index (κ3) is 2.96. The summed E-state index contributed by atoms with van der Waals surface area (Å²) in [6.45, 7) is 8.25. The van der Waals surface area contributed by atoms with Gasteiger partial charge in [-0.2, -0.15) is 0 Å². The van der Waals surface area contributed by atoms with E-state index in [1.807, 2.05) is 0 Å². The minimum Gasteiger partial charge on any atom is -0.396 e. The van der Waals surface area contributed by atoms with Gasteiger partial charge in [0, 0.05) is 12.1 Å². The van der Waals surface area contributed by atoms with Gasteiger partial charge in [-0.15, -0.1) is 0 Å². The number of aliphatic hydroxyl groups excluding tert-OH is 1. The summed E-state index contributed by atoms with van der Waals surface area (Å²) in [7, 11) is 0. The molecule has 2 nitrogen and oxygen atoms in total. The van der Waals surface area contributed by atoms with Crippen molar-refractivity contribution < 1.29 is 5.11 Å². The smallest absolute Gasteiger partial charge is 0.0448 e. The summed E-state index contributed by atoms with van der Waals surface area (Å²) in [5.41, 5.74) is 0.685. The monoisotopic (exact) mass is 199 g/mol. The molecule has 84 valence electrons. The molecule has 0 radical (unpaired) electrons. The van der Waals surface area contributed by atoms with Gasteiger partial charge in [0.25, 0.3) is 0 Å². The molecule has 0 aliphatic heterocycles. The first-order chi connectivity index (χ1) is 6.54. The Labute approximate surface area is 88.1 Å². The van der Waals surface area contributed by atoms with Crippen LogP contribution in [0.3, 0.4) is 0 Å². The van der Waals surface area contributed by atoms with E-state index in [2.05, 4.69) is 26.1 Å². The van der Waals surface area contributed by atoms with Crippen molar-refractivity contribution in [3.8, 4) is 0 Å². The standard InChI is InChI=1S/C12H25NO/c1-4-8-13-12(7-9-14)6-5-11(2,3)10-12/h13-14H,4-10H2,1-3H3. The Morgan fingerprint density at radius 2 is 2.00 bits per heavy atom. The molecule has 0 saturated heterocycles. The van der Waals surface area contributed by atoms with Crippen molar-refractivity contribution in [1.82, 2.24) is 5.32 Å². The third-order valence-electron chi connectivity index (χ3n) is 3.44. The predicted molar refractivity (Wildman–Crippen MR) is 60.4 cm³/mol. The molecule has 1 fully saturated rings. The molecule has 0 aromatic carbocycles. The van der Waals surface area contributed by atoms with Gasteiger partial charge in [0.2, 0.25) is 0 Å². The van der Waals surface area contributed by atoms with Crippen LogP contribution in [-0.2, 0) is 0 Å². The van der Waals surface area contributed by atoms with E-state index in [0.717, 1.165) is 13.0 Å². The highest BCUT2D eigenvalue weighted by molar-refractivity contribution is 4.99. The normalized spacial score (nSPS) is 30.9. The van der Waals surface area contributed by atoms with Gasteiger partial charge in [0.05, 0.1) is 0 Å². The van der Waals surface area contributed by atoms with E-state index in [4.69, 9.17) is 5.11 Å². The zero-order valence-corrected chi connectivity index (χ0v) is 9.90. The van der Waals surface area contributed by atoms with Crippen LogP contribution in [0.4, 0.5) is 0 Å². The Kier molecular flexibility index (Phi) is 3.96. The summed E-state index contributed by atoms with van der Waals surface area (Å²) in [5.74, 6) is 0. The van der Waals surface area contributed by atoms with Gasteiger partial charge in [0.1, 0.15) is 0 Å². The molecule has 2 N–H and O–H groups in total. The maximum Gasteiger partial charge on any atom is 0.0448 e. The topological polar surface area (TPSA) is 32.3 Å². The van der Waals surface area contributed by atoms with Crippen LogP contribution in [0.25, 0.3) is 0 Å². The molecular weight excluding hydrogens is 174 g/mol. The Morgan fingerprint density at radius 1 is 1.29 bits per heavy atom. The predicted octanol–water partition coefficient (Wildman–Crippen LogP) is 2.32. The second kappa shape index (κ2) is 4.63. The van der Waals surface area contributed by atoms with Crippen LogP contribution >= 0.6 is 0 Å². The average molecular weight is 199 g/mol. The summed E-state index contributed by atoms with van der Waals surface area (Å²) >= 11 is 0. The van der Waals surface area contributed by atoms with E-state index in [9.17, 15) is 0 Å². The summed E-state index contributed by atoms with van der Waals surface area (Å²) in [4.78, 5) is 0. The Balaban J connectivity index is 2.55. The molecule has 1 unspecified atom stereocenters. The Bertz CT molecular complexity index is 179. The van der Waals surface area contributed by atoms with Gasteiger partial charge < -0.3 is 10.4 Å².